The van der Waals surface area contributed by atoms with Crippen LogP contribution >= 0.6 is 0 Å². The predicted octanol–water partition coefficient (Wildman–Crippen LogP) is 3.88. The zero-order valence-electron chi connectivity index (χ0n) is 19.4. The lowest BCUT2D eigenvalue weighted by Gasteiger charge is -2.37. The molecule has 2 N–H and O–H groups in total. The molecular weight excluding hydrogens is 432 g/mol. The van der Waals surface area contributed by atoms with Gasteiger partial charge in [-0.3, -0.25) is 9.59 Å². The highest BCUT2D eigenvalue weighted by atomic mass is 16.5. The van der Waals surface area contributed by atoms with Crippen molar-refractivity contribution in [2.24, 2.45) is 0 Å². The van der Waals surface area contributed by atoms with Crippen molar-refractivity contribution >= 4 is 24.3 Å². The van der Waals surface area contributed by atoms with Crippen molar-refractivity contribution in [1.82, 2.24) is 0 Å². The maximum absolute atomic E-state index is 11.0. The topological polar surface area (TPSA) is 85.9 Å². The predicted molar refractivity (Wildman–Crippen MR) is 131 cm³/mol. The van der Waals surface area contributed by atoms with E-state index in [2.05, 4.69) is 48.7 Å². The Morgan fingerprint density at radius 2 is 1.62 bits per heavy atom. The minimum Gasteiger partial charge on any atom is -0.463 e. The van der Waals surface area contributed by atoms with Crippen molar-refractivity contribution < 1.29 is 23.8 Å². The summed E-state index contributed by atoms with van der Waals surface area (Å²) in [6, 6.07) is 18.4. The molecular formula is C27H30N2O5. The van der Waals surface area contributed by atoms with E-state index >= 15 is 0 Å². The number of rotatable bonds is 13. The van der Waals surface area contributed by atoms with Gasteiger partial charge in [0.25, 0.3) is 12.9 Å². The van der Waals surface area contributed by atoms with Crippen LogP contribution in [0.1, 0.15) is 19.4 Å². The zero-order chi connectivity index (χ0) is 24.0. The Labute approximate surface area is 199 Å². The molecule has 0 saturated carbocycles. The first kappa shape index (κ1) is 23.6. The summed E-state index contributed by atoms with van der Waals surface area (Å²) in [5.74, 6) is 0. The van der Waals surface area contributed by atoms with Gasteiger partial charge in [-0.25, -0.2) is 0 Å². The van der Waals surface area contributed by atoms with E-state index in [1.807, 2.05) is 42.5 Å². The molecule has 34 heavy (non-hydrogen) atoms. The Bertz CT molecular complexity index is 1050. The lowest BCUT2D eigenvalue weighted by atomic mass is 9.79. The molecule has 0 saturated heterocycles. The highest BCUT2D eigenvalue weighted by Gasteiger charge is 2.53. The number of para-hydroxylation sites is 1. The molecule has 0 spiro atoms. The summed E-state index contributed by atoms with van der Waals surface area (Å²) < 4.78 is 16.7. The van der Waals surface area contributed by atoms with Gasteiger partial charge in [-0.15, -0.1) is 0 Å². The van der Waals surface area contributed by atoms with Crippen LogP contribution in [0.2, 0.25) is 0 Å². The summed E-state index contributed by atoms with van der Waals surface area (Å²) in [4.78, 5) is 21.9. The molecule has 0 fully saturated rings. The summed E-state index contributed by atoms with van der Waals surface area (Å²) in [6.45, 7) is 5.20. The Hall–Kier alpha value is -3.58. The number of hydrogen-bond donors (Lipinski definition) is 2. The monoisotopic (exact) mass is 462 g/mol. The van der Waals surface area contributed by atoms with E-state index in [0.717, 1.165) is 28.1 Å². The van der Waals surface area contributed by atoms with Crippen molar-refractivity contribution in [3.63, 3.8) is 0 Å². The van der Waals surface area contributed by atoms with Crippen molar-refractivity contribution in [3.8, 4) is 0 Å². The molecule has 0 aliphatic carbocycles. The fourth-order valence-corrected chi connectivity index (χ4v) is 4.68. The second-order valence-corrected chi connectivity index (χ2v) is 8.77. The van der Waals surface area contributed by atoms with E-state index in [4.69, 9.17) is 14.2 Å². The number of carbonyl (C=O) groups excluding carboxylic acids is 2. The number of benzene rings is 2. The third-order valence-electron chi connectivity index (χ3n) is 6.13. The SMILES string of the molecule is CC(C)Nc1ccc(CC(Nc2ccccc2)C23C=CC(O2)C(COC=O)=C3COC=O)cc1. The average molecular weight is 463 g/mol. The number of carbonyl (C=O) groups is 2. The first-order chi connectivity index (χ1) is 16.6. The molecule has 7 heteroatoms. The van der Waals surface area contributed by atoms with Crippen LogP contribution in [0.4, 0.5) is 11.4 Å². The summed E-state index contributed by atoms with van der Waals surface area (Å²) >= 11 is 0. The highest BCUT2D eigenvalue weighted by molar-refractivity contribution is 5.55. The lowest BCUT2D eigenvalue weighted by molar-refractivity contribution is -0.129. The lowest BCUT2D eigenvalue weighted by Crippen LogP contribution is -2.48. The Balaban J connectivity index is 1.68. The fraction of sp³-hybridized carbons (Fsp3) is 0.333. The van der Waals surface area contributed by atoms with E-state index in [-0.39, 0.29) is 25.4 Å². The normalized spacial score (nSPS) is 21.4. The third kappa shape index (κ3) is 4.99. The largest absolute Gasteiger partial charge is 0.463 e. The fourth-order valence-electron chi connectivity index (χ4n) is 4.68. The summed E-state index contributed by atoms with van der Waals surface area (Å²) in [5, 5.41) is 7.05. The van der Waals surface area contributed by atoms with Gasteiger partial charge in [0.05, 0.1) is 6.04 Å². The number of nitrogens with one attached hydrogen (secondary N) is 2. The molecule has 2 bridgehead atoms. The number of ether oxygens (including phenoxy) is 3. The summed E-state index contributed by atoms with van der Waals surface area (Å²) in [6.07, 6.45) is 4.33. The Morgan fingerprint density at radius 3 is 2.29 bits per heavy atom. The third-order valence-corrected chi connectivity index (χ3v) is 6.13. The van der Waals surface area contributed by atoms with Gasteiger partial charge in [0.2, 0.25) is 0 Å². The maximum Gasteiger partial charge on any atom is 0.293 e. The van der Waals surface area contributed by atoms with Gasteiger partial charge in [0, 0.05) is 28.6 Å². The van der Waals surface area contributed by atoms with E-state index in [0.29, 0.717) is 25.4 Å². The van der Waals surface area contributed by atoms with Crippen molar-refractivity contribution in [3.05, 3.63) is 83.5 Å². The molecule has 0 radical (unpaired) electrons. The number of hydrogen-bond acceptors (Lipinski definition) is 7. The van der Waals surface area contributed by atoms with Crippen LogP contribution in [0.5, 0.6) is 0 Å². The van der Waals surface area contributed by atoms with Crippen LogP contribution in [0, 0.1) is 0 Å². The molecule has 0 aromatic heterocycles. The molecule has 3 unspecified atom stereocenters. The first-order valence-electron chi connectivity index (χ1n) is 11.4. The van der Waals surface area contributed by atoms with Crippen molar-refractivity contribution in [1.29, 1.82) is 0 Å². The van der Waals surface area contributed by atoms with Crippen molar-refractivity contribution in [2.75, 3.05) is 23.8 Å². The Morgan fingerprint density at radius 1 is 0.941 bits per heavy atom. The van der Waals surface area contributed by atoms with E-state index in [9.17, 15) is 9.59 Å². The molecule has 2 aliphatic heterocycles. The van der Waals surface area contributed by atoms with E-state index in [1.165, 1.54) is 0 Å². The van der Waals surface area contributed by atoms with Crippen LogP contribution in [0.3, 0.4) is 0 Å². The highest BCUT2D eigenvalue weighted by Crippen LogP contribution is 2.47. The molecule has 2 aromatic carbocycles. The standard InChI is InChI=1S/C27H30N2O5/c1-19(2)28-22-10-8-20(9-11-22)14-26(29-21-6-4-3-5-7-21)27-13-12-25(34-27)23(15-32-17-30)24(27)16-33-18-31/h3-13,17-19,25-26,28-29H,14-16H2,1-2H3. The quantitative estimate of drug-likeness (QED) is 0.345. The van der Waals surface area contributed by atoms with Crippen LogP contribution < -0.4 is 10.6 Å². The van der Waals surface area contributed by atoms with E-state index < -0.39 is 5.60 Å². The molecule has 3 atom stereocenters. The second kappa shape index (κ2) is 10.6. The van der Waals surface area contributed by atoms with E-state index in [1.54, 1.807) is 0 Å². The molecule has 0 amide bonds. The molecule has 2 heterocycles. The van der Waals surface area contributed by atoms with Gasteiger partial charge >= 0.3 is 0 Å². The minimum atomic E-state index is -0.847. The minimum absolute atomic E-state index is 0.0616. The zero-order valence-corrected chi connectivity index (χ0v) is 19.4. The number of anilines is 2. The van der Waals surface area contributed by atoms with Gasteiger partial charge < -0.3 is 24.8 Å². The summed E-state index contributed by atoms with van der Waals surface area (Å²) in [5.41, 5.74) is 3.92. The van der Waals surface area contributed by atoms with Gasteiger partial charge in [-0.1, -0.05) is 36.4 Å². The van der Waals surface area contributed by atoms with Crippen LogP contribution in [-0.4, -0.2) is 49.9 Å². The van der Waals surface area contributed by atoms with Crippen LogP contribution in [0.15, 0.2) is 77.9 Å². The molecule has 178 valence electrons. The van der Waals surface area contributed by atoms with Crippen LogP contribution in [0.25, 0.3) is 0 Å². The maximum atomic E-state index is 11.0. The van der Waals surface area contributed by atoms with Gasteiger partial charge in [0.15, 0.2) is 0 Å². The molecule has 7 nitrogen and oxygen atoms in total. The first-order valence-corrected chi connectivity index (χ1v) is 11.4. The smallest absolute Gasteiger partial charge is 0.293 e. The summed E-state index contributed by atoms with van der Waals surface area (Å²) in [7, 11) is 0. The van der Waals surface area contributed by atoms with Gasteiger partial charge in [-0.05, 0) is 56.2 Å². The Kier molecular flexibility index (Phi) is 7.33. The van der Waals surface area contributed by atoms with Gasteiger partial charge in [0.1, 0.15) is 24.9 Å². The number of fused-ring (bicyclic) bond motifs is 2. The van der Waals surface area contributed by atoms with Crippen LogP contribution in [-0.2, 0) is 30.2 Å². The molecule has 4 rings (SSSR count). The average Bonchev–Trinajstić information content (AvgIpc) is 3.40. The second-order valence-electron chi connectivity index (χ2n) is 8.77. The van der Waals surface area contributed by atoms with Crippen molar-refractivity contribution in [2.45, 2.75) is 44.1 Å². The molecule has 2 aliphatic rings. The molecule has 2 aromatic rings. The van der Waals surface area contributed by atoms with Gasteiger partial charge in [-0.2, -0.15) is 0 Å².